The number of carbonyl (C=O) groups is 1. The molecule has 0 aromatic heterocycles. The minimum atomic E-state index is -3.26. The quantitative estimate of drug-likeness (QED) is 0.738. The van der Waals surface area contributed by atoms with Crippen LogP contribution in [0.25, 0.3) is 0 Å². The van der Waals surface area contributed by atoms with Crippen LogP contribution in [0.1, 0.15) is 32.1 Å². The van der Waals surface area contributed by atoms with Gasteiger partial charge in [0.2, 0.25) is 5.91 Å². The monoisotopic (exact) mass is 331 g/mol. The van der Waals surface area contributed by atoms with E-state index in [2.05, 4.69) is 0 Å². The summed E-state index contributed by atoms with van der Waals surface area (Å²) in [6, 6.07) is 0. The number of hydrogen-bond acceptors (Lipinski definition) is 5. The van der Waals surface area contributed by atoms with Gasteiger partial charge in [0.05, 0.1) is 18.3 Å². The molecular formula is C15H25NO5S. The minimum absolute atomic E-state index is 0.171. The van der Waals surface area contributed by atoms with Crippen LogP contribution in [0.5, 0.6) is 0 Å². The van der Waals surface area contributed by atoms with Crippen LogP contribution in [0.2, 0.25) is 0 Å². The number of hydrogen-bond donors (Lipinski definition) is 0. The first-order chi connectivity index (χ1) is 10.4. The summed E-state index contributed by atoms with van der Waals surface area (Å²) in [5, 5.41) is 0. The Morgan fingerprint density at radius 1 is 1.32 bits per heavy atom. The fourth-order valence-electron chi connectivity index (χ4n) is 3.29. The Hall–Kier alpha value is -0.660. The SMILES string of the molecule is CS(=O)(=O)CC(=O)N1CCC2(CC1)C[C@@H](OCC1CC1)CO2. The highest BCUT2D eigenvalue weighted by Gasteiger charge is 2.44. The van der Waals surface area contributed by atoms with Crippen molar-refractivity contribution in [1.82, 2.24) is 4.90 Å². The highest BCUT2D eigenvalue weighted by atomic mass is 32.2. The van der Waals surface area contributed by atoms with Gasteiger partial charge in [0, 0.05) is 32.4 Å². The largest absolute Gasteiger partial charge is 0.375 e. The first-order valence-electron chi connectivity index (χ1n) is 8.06. The lowest BCUT2D eigenvalue weighted by molar-refractivity contribution is -0.133. The average Bonchev–Trinajstić information content (AvgIpc) is 3.18. The molecule has 1 saturated carbocycles. The summed E-state index contributed by atoms with van der Waals surface area (Å²) < 4.78 is 34.3. The van der Waals surface area contributed by atoms with Crippen molar-refractivity contribution in [2.45, 2.75) is 43.8 Å². The van der Waals surface area contributed by atoms with E-state index in [1.165, 1.54) is 12.8 Å². The molecule has 0 bridgehead atoms. The Morgan fingerprint density at radius 3 is 2.59 bits per heavy atom. The number of nitrogens with zero attached hydrogens (tertiary/aromatic N) is 1. The van der Waals surface area contributed by atoms with Crippen LogP contribution in [0.4, 0.5) is 0 Å². The maximum Gasteiger partial charge on any atom is 0.237 e. The topological polar surface area (TPSA) is 72.9 Å². The van der Waals surface area contributed by atoms with E-state index in [4.69, 9.17) is 9.47 Å². The molecule has 1 spiro atoms. The Bertz CT molecular complexity index is 520. The second kappa shape index (κ2) is 6.09. The van der Waals surface area contributed by atoms with E-state index in [0.29, 0.717) is 19.7 Å². The Morgan fingerprint density at radius 2 is 2.00 bits per heavy atom. The third kappa shape index (κ3) is 4.20. The fraction of sp³-hybridized carbons (Fsp3) is 0.933. The fourth-order valence-corrected chi connectivity index (χ4v) is 3.93. The van der Waals surface area contributed by atoms with Gasteiger partial charge in [0.25, 0.3) is 0 Å². The molecule has 3 aliphatic rings. The van der Waals surface area contributed by atoms with Gasteiger partial charge >= 0.3 is 0 Å². The van der Waals surface area contributed by atoms with Crippen LogP contribution in [0.3, 0.4) is 0 Å². The molecular weight excluding hydrogens is 306 g/mol. The number of sulfone groups is 1. The zero-order valence-corrected chi connectivity index (χ0v) is 13.9. The third-order valence-corrected chi connectivity index (χ3v) is 5.62. The number of amides is 1. The molecule has 2 heterocycles. The summed E-state index contributed by atoms with van der Waals surface area (Å²) in [5.41, 5.74) is -0.171. The van der Waals surface area contributed by atoms with E-state index in [9.17, 15) is 13.2 Å². The van der Waals surface area contributed by atoms with E-state index in [1.54, 1.807) is 4.90 Å². The molecule has 7 heteroatoms. The standard InChI is InChI=1S/C15H25NO5S/c1-22(18,19)11-14(17)16-6-4-15(5-7-16)8-13(10-21-15)20-9-12-2-3-12/h12-13H,2-11H2,1H3/t13-/m1/s1. The molecule has 22 heavy (non-hydrogen) atoms. The molecule has 2 saturated heterocycles. The zero-order valence-electron chi connectivity index (χ0n) is 13.1. The van der Waals surface area contributed by atoms with Crippen molar-refractivity contribution in [3.8, 4) is 0 Å². The number of carbonyl (C=O) groups excluding carboxylic acids is 1. The lowest BCUT2D eigenvalue weighted by Gasteiger charge is -2.38. The molecule has 0 N–H and O–H groups in total. The summed E-state index contributed by atoms with van der Waals surface area (Å²) in [6.45, 7) is 2.64. The maximum atomic E-state index is 11.9. The summed E-state index contributed by atoms with van der Waals surface area (Å²) in [4.78, 5) is 13.6. The van der Waals surface area contributed by atoms with Crippen LogP contribution in [-0.2, 0) is 24.1 Å². The molecule has 3 fully saturated rings. The molecule has 0 aromatic rings. The van der Waals surface area contributed by atoms with E-state index in [-0.39, 0.29) is 17.6 Å². The molecule has 0 aromatic carbocycles. The van der Waals surface area contributed by atoms with Gasteiger partial charge in [-0.25, -0.2) is 8.42 Å². The number of likely N-dealkylation sites (tertiary alicyclic amines) is 1. The lowest BCUT2D eigenvalue weighted by Crippen LogP contribution is -2.48. The van der Waals surface area contributed by atoms with Gasteiger partial charge in [-0.05, 0) is 31.6 Å². The molecule has 1 amide bonds. The van der Waals surface area contributed by atoms with Gasteiger partial charge in [-0.1, -0.05) is 0 Å². The molecule has 0 unspecified atom stereocenters. The summed E-state index contributed by atoms with van der Waals surface area (Å²) in [7, 11) is -3.26. The van der Waals surface area contributed by atoms with E-state index < -0.39 is 15.6 Å². The molecule has 2 aliphatic heterocycles. The van der Waals surface area contributed by atoms with Crippen molar-refractivity contribution in [2.24, 2.45) is 5.92 Å². The van der Waals surface area contributed by atoms with Gasteiger partial charge in [-0.3, -0.25) is 4.79 Å². The average molecular weight is 331 g/mol. The molecule has 0 radical (unpaired) electrons. The van der Waals surface area contributed by atoms with Crippen LogP contribution >= 0.6 is 0 Å². The third-order valence-electron chi connectivity index (χ3n) is 4.85. The molecule has 3 rings (SSSR count). The normalized spacial score (nSPS) is 28.2. The summed E-state index contributed by atoms with van der Waals surface area (Å²) in [6.07, 6.45) is 6.29. The highest BCUT2D eigenvalue weighted by Crippen LogP contribution is 2.38. The van der Waals surface area contributed by atoms with Gasteiger partial charge < -0.3 is 14.4 Å². The van der Waals surface area contributed by atoms with Gasteiger partial charge in [-0.2, -0.15) is 0 Å². The Balaban J connectivity index is 1.45. The van der Waals surface area contributed by atoms with Crippen molar-refractivity contribution in [2.75, 3.05) is 38.3 Å². The lowest BCUT2D eigenvalue weighted by atomic mass is 9.88. The van der Waals surface area contributed by atoms with E-state index in [0.717, 1.165) is 38.0 Å². The van der Waals surface area contributed by atoms with Gasteiger partial charge in [-0.15, -0.1) is 0 Å². The van der Waals surface area contributed by atoms with Crippen molar-refractivity contribution in [3.63, 3.8) is 0 Å². The number of rotatable bonds is 5. The second-order valence-corrected chi connectivity index (χ2v) is 9.19. The molecule has 6 nitrogen and oxygen atoms in total. The highest BCUT2D eigenvalue weighted by molar-refractivity contribution is 7.91. The maximum absolute atomic E-state index is 11.9. The van der Waals surface area contributed by atoms with Crippen LogP contribution in [0, 0.1) is 5.92 Å². The Kier molecular flexibility index (Phi) is 4.49. The predicted octanol–water partition coefficient (Wildman–Crippen LogP) is 0.608. The smallest absolute Gasteiger partial charge is 0.237 e. The second-order valence-electron chi connectivity index (χ2n) is 7.05. The Labute approximate surface area is 132 Å². The van der Waals surface area contributed by atoms with Crippen molar-refractivity contribution in [1.29, 1.82) is 0 Å². The first kappa shape index (κ1) is 16.2. The summed E-state index contributed by atoms with van der Waals surface area (Å²) in [5.74, 6) is 0.0671. The van der Waals surface area contributed by atoms with Crippen molar-refractivity contribution >= 4 is 15.7 Å². The van der Waals surface area contributed by atoms with Crippen molar-refractivity contribution < 1.29 is 22.7 Å². The number of ether oxygens (including phenoxy) is 2. The molecule has 1 atom stereocenters. The van der Waals surface area contributed by atoms with Crippen molar-refractivity contribution in [3.05, 3.63) is 0 Å². The molecule has 126 valence electrons. The molecule has 1 aliphatic carbocycles. The number of piperidine rings is 1. The van der Waals surface area contributed by atoms with E-state index in [1.807, 2.05) is 0 Å². The minimum Gasteiger partial charge on any atom is -0.375 e. The summed E-state index contributed by atoms with van der Waals surface area (Å²) >= 11 is 0. The van der Waals surface area contributed by atoms with Gasteiger partial charge in [0.1, 0.15) is 5.75 Å². The van der Waals surface area contributed by atoms with E-state index >= 15 is 0 Å². The zero-order chi connectivity index (χ0) is 15.8. The van der Waals surface area contributed by atoms with Crippen LogP contribution < -0.4 is 0 Å². The van der Waals surface area contributed by atoms with Crippen LogP contribution in [-0.4, -0.2) is 69.2 Å². The predicted molar refractivity (Wildman–Crippen MR) is 81.3 cm³/mol. The van der Waals surface area contributed by atoms with Crippen LogP contribution in [0.15, 0.2) is 0 Å². The first-order valence-corrected chi connectivity index (χ1v) is 10.1. The van der Waals surface area contributed by atoms with Gasteiger partial charge in [0.15, 0.2) is 9.84 Å².